The molecule has 3 aromatic rings. The van der Waals surface area contributed by atoms with Gasteiger partial charge in [0.2, 0.25) is 0 Å². The average molecular weight is 510 g/mol. The SMILES string of the molecule is C=C(O/C(=N\N)c1cc(C(=O)N2CCC[C@@H]2c2nc(C)cs2)cc(Cl)n1)[C@@H](C)Cc1ccccc1. The second-order valence-corrected chi connectivity index (χ2v) is 9.92. The van der Waals surface area contributed by atoms with Crippen LogP contribution in [0.5, 0.6) is 0 Å². The van der Waals surface area contributed by atoms with Crippen LogP contribution in [0.1, 0.15) is 58.1 Å². The number of hydrogen-bond acceptors (Lipinski definition) is 7. The van der Waals surface area contributed by atoms with E-state index >= 15 is 0 Å². The Bertz CT molecular complexity index is 1240. The number of carbonyl (C=O) groups excluding carboxylic acids is 1. The molecule has 2 aromatic heterocycles. The zero-order chi connectivity index (χ0) is 24.9. The van der Waals surface area contributed by atoms with Crippen LogP contribution in [-0.2, 0) is 11.2 Å². The number of rotatable bonds is 7. The fourth-order valence-corrected chi connectivity index (χ4v) is 5.29. The van der Waals surface area contributed by atoms with Crippen LogP contribution in [-0.4, -0.2) is 33.2 Å². The number of aromatic nitrogens is 2. The number of nitrogens with zero attached hydrogens (tertiary/aromatic N) is 4. The number of halogens is 1. The second-order valence-electron chi connectivity index (χ2n) is 8.64. The number of pyridine rings is 1. The summed E-state index contributed by atoms with van der Waals surface area (Å²) in [5.74, 6) is 6.05. The number of carbonyl (C=O) groups is 1. The summed E-state index contributed by atoms with van der Waals surface area (Å²) in [5.41, 5.74) is 2.80. The molecule has 1 saturated heterocycles. The zero-order valence-corrected chi connectivity index (χ0v) is 21.4. The molecule has 0 spiro atoms. The first-order valence-corrected chi connectivity index (χ1v) is 12.7. The van der Waals surface area contributed by atoms with Gasteiger partial charge < -0.3 is 15.5 Å². The van der Waals surface area contributed by atoms with Crippen molar-refractivity contribution in [3.63, 3.8) is 0 Å². The van der Waals surface area contributed by atoms with Crippen molar-refractivity contribution >= 4 is 34.7 Å². The molecule has 0 unspecified atom stereocenters. The molecular formula is C26H28ClN5O2S. The third-order valence-electron chi connectivity index (χ3n) is 5.98. The minimum Gasteiger partial charge on any atom is -0.441 e. The Kier molecular flexibility index (Phi) is 7.83. The van der Waals surface area contributed by atoms with Gasteiger partial charge in [-0.25, -0.2) is 9.97 Å². The van der Waals surface area contributed by atoms with Crippen LogP contribution in [0.25, 0.3) is 0 Å². The topological polar surface area (TPSA) is 93.7 Å². The summed E-state index contributed by atoms with van der Waals surface area (Å²) in [5, 5.41) is 6.88. The molecule has 0 radical (unpaired) electrons. The summed E-state index contributed by atoms with van der Waals surface area (Å²) in [6, 6.07) is 13.2. The quantitative estimate of drug-likeness (QED) is 0.113. The predicted molar refractivity (Wildman–Crippen MR) is 139 cm³/mol. The summed E-state index contributed by atoms with van der Waals surface area (Å²) in [6.07, 6.45) is 2.54. The van der Waals surface area contributed by atoms with E-state index in [9.17, 15) is 4.79 Å². The Morgan fingerprint density at radius 1 is 1.34 bits per heavy atom. The molecule has 7 nitrogen and oxygen atoms in total. The van der Waals surface area contributed by atoms with Gasteiger partial charge in [-0.05, 0) is 43.9 Å². The Balaban J connectivity index is 1.51. The van der Waals surface area contributed by atoms with Crippen LogP contribution >= 0.6 is 22.9 Å². The fourth-order valence-electron chi connectivity index (χ4n) is 4.14. The van der Waals surface area contributed by atoms with E-state index in [4.69, 9.17) is 22.2 Å². The molecule has 2 atom stereocenters. The van der Waals surface area contributed by atoms with Crippen LogP contribution < -0.4 is 5.84 Å². The van der Waals surface area contributed by atoms with Crippen molar-refractivity contribution in [3.8, 4) is 0 Å². The van der Waals surface area contributed by atoms with Gasteiger partial charge in [-0.1, -0.05) is 55.4 Å². The summed E-state index contributed by atoms with van der Waals surface area (Å²) in [6.45, 7) is 8.67. The standard InChI is InChI=1S/C26H28ClN5O2S/c1-16(12-19-8-5-4-6-9-19)18(3)34-24(31-28)21-13-20(14-23(27)30-21)26(33)32-11-7-10-22(32)25-29-17(2)15-35-25/h4-6,8-9,13-16,22H,3,7,10-12,28H2,1-2H3/b31-24-/t16-,22+/m0/s1. The van der Waals surface area contributed by atoms with E-state index in [2.05, 4.69) is 33.8 Å². The van der Waals surface area contributed by atoms with Gasteiger partial charge in [0, 0.05) is 29.1 Å². The van der Waals surface area contributed by atoms with E-state index in [0.29, 0.717) is 17.9 Å². The van der Waals surface area contributed by atoms with Gasteiger partial charge in [0.05, 0.1) is 6.04 Å². The Hall–Kier alpha value is -3.23. The minimum absolute atomic E-state index is 0.00143. The molecule has 4 rings (SSSR count). The molecule has 35 heavy (non-hydrogen) atoms. The van der Waals surface area contributed by atoms with Crippen LogP contribution in [0, 0.1) is 12.8 Å². The summed E-state index contributed by atoms with van der Waals surface area (Å²) in [4.78, 5) is 24.2. The van der Waals surface area contributed by atoms with E-state index in [1.54, 1.807) is 23.5 Å². The van der Waals surface area contributed by atoms with Gasteiger partial charge in [0.15, 0.2) is 0 Å². The lowest BCUT2D eigenvalue weighted by Crippen LogP contribution is -2.31. The Morgan fingerprint density at radius 2 is 2.11 bits per heavy atom. The highest BCUT2D eigenvalue weighted by Gasteiger charge is 2.33. The second kappa shape index (κ2) is 11.0. The zero-order valence-electron chi connectivity index (χ0n) is 19.8. The van der Waals surface area contributed by atoms with Crippen molar-refractivity contribution in [1.82, 2.24) is 14.9 Å². The third kappa shape index (κ3) is 5.89. The maximum Gasteiger partial charge on any atom is 0.261 e. The molecule has 2 N–H and O–H groups in total. The predicted octanol–water partition coefficient (Wildman–Crippen LogP) is 5.51. The van der Waals surface area contributed by atoms with E-state index in [0.717, 1.165) is 30.0 Å². The van der Waals surface area contributed by atoms with Gasteiger partial charge in [-0.15, -0.1) is 16.4 Å². The Labute approximate surface area is 214 Å². The Morgan fingerprint density at radius 3 is 2.80 bits per heavy atom. The molecular weight excluding hydrogens is 482 g/mol. The number of ether oxygens (including phenoxy) is 1. The van der Waals surface area contributed by atoms with Gasteiger partial charge >= 0.3 is 0 Å². The van der Waals surface area contributed by atoms with Gasteiger partial charge in [0.25, 0.3) is 11.8 Å². The highest BCUT2D eigenvalue weighted by molar-refractivity contribution is 7.09. The number of aryl methyl sites for hydroxylation is 1. The first kappa shape index (κ1) is 24.9. The number of hydrazone groups is 1. The minimum atomic E-state index is -0.140. The van der Waals surface area contributed by atoms with Crippen molar-refractivity contribution in [1.29, 1.82) is 0 Å². The smallest absolute Gasteiger partial charge is 0.261 e. The van der Waals surface area contributed by atoms with Crippen LogP contribution in [0.3, 0.4) is 0 Å². The number of amides is 1. The number of allylic oxidation sites excluding steroid dienone is 1. The normalized spacial score (nSPS) is 16.8. The van der Waals surface area contributed by atoms with Crippen LogP contribution in [0.15, 0.2) is 65.3 Å². The number of benzene rings is 1. The van der Waals surface area contributed by atoms with Gasteiger partial charge in [-0.2, -0.15) is 0 Å². The lowest BCUT2D eigenvalue weighted by molar-refractivity contribution is 0.0735. The van der Waals surface area contributed by atoms with Crippen LogP contribution in [0.4, 0.5) is 0 Å². The first-order chi connectivity index (χ1) is 16.9. The highest BCUT2D eigenvalue weighted by atomic mass is 35.5. The van der Waals surface area contributed by atoms with Crippen molar-refractivity contribution in [2.75, 3.05) is 6.54 Å². The third-order valence-corrected chi connectivity index (χ3v) is 7.23. The molecule has 0 saturated carbocycles. The van der Waals surface area contributed by atoms with Crippen LogP contribution in [0.2, 0.25) is 5.15 Å². The molecule has 1 aliphatic heterocycles. The van der Waals surface area contributed by atoms with Crippen molar-refractivity contribution < 1.29 is 9.53 Å². The lowest BCUT2D eigenvalue weighted by atomic mass is 10.00. The van der Waals surface area contributed by atoms with E-state index in [-0.39, 0.29) is 34.6 Å². The maximum atomic E-state index is 13.5. The number of nitrogens with two attached hydrogens (primary N) is 1. The summed E-state index contributed by atoms with van der Waals surface area (Å²) >= 11 is 7.88. The average Bonchev–Trinajstić information content (AvgIpc) is 3.51. The van der Waals surface area contributed by atoms with Crippen molar-refractivity contribution in [2.24, 2.45) is 16.9 Å². The molecule has 1 aliphatic rings. The summed E-state index contributed by atoms with van der Waals surface area (Å²) < 4.78 is 5.90. The molecule has 0 bridgehead atoms. The number of likely N-dealkylation sites (tertiary alicyclic amines) is 1. The monoisotopic (exact) mass is 509 g/mol. The maximum absolute atomic E-state index is 13.5. The van der Waals surface area contributed by atoms with E-state index in [1.165, 1.54) is 5.56 Å². The number of thiazole rings is 1. The molecule has 1 fully saturated rings. The van der Waals surface area contributed by atoms with E-state index < -0.39 is 0 Å². The van der Waals surface area contributed by atoms with Crippen molar-refractivity contribution in [2.45, 2.75) is 39.2 Å². The molecule has 1 aromatic carbocycles. The molecule has 1 amide bonds. The van der Waals surface area contributed by atoms with Crippen molar-refractivity contribution in [3.05, 3.63) is 92.9 Å². The largest absolute Gasteiger partial charge is 0.441 e. The lowest BCUT2D eigenvalue weighted by Gasteiger charge is -2.23. The molecule has 182 valence electrons. The summed E-state index contributed by atoms with van der Waals surface area (Å²) in [7, 11) is 0. The molecule has 3 heterocycles. The van der Waals surface area contributed by atoms with Gasteiger partial charge in [-0.3, -0.25) is 4.79 Å². The first-order valence-electron chi connectivity index (χ1n) is 11.4. The molecule has 0 aliphatic carbocycles. The highest BCUT2D eigenvalue weighted by Crippen LogP contribution is 2.35. The van der Waals surface area contributed by atoms with Gasteiger partial charge in [0.1, 0.15) is 21.6 Å². The van der Waals surface area contributed by atoms with E-state index in [1.807, 2.05) is 42.3 Å². The fraction of sp³-hybridized carbons (Fsp3) is 0.308. The number of hydrogen-bond donors (Lipinski definition) is 1. The molecule has 9 heteroatoms.